The van der Waals surface area contributed by atoms with Gasteiger partial charge in [0.1, 0.15) is 6.10 Å². The zero-order valence-corrected chi connectivity index (χ0v) is 15.7. The molecule has 28 heavy (non-hydrogen) atoms. The number of hydrogen-bond donors (Lipinski definition) is 1. The third kappa shape index (κ3) is 4.11. The fourth-order valence-corrected chi connectivity index (χ4v) is 3.16. The van der Waals surface area contributed by atoms with Crippen LogP contribution in [0.2, 0.25) is 0 Å². The fraction of sp³-hybridized carbons (Fsp3) is 0.300. The Labute approximate surface area is 163 Å². The quantitative estimate of drug-likeness (QED) is 0.754. The van der Waals surface area contributed by atoms with Gasteiger partial charge in [-0.05, 0) is 30.7 Å². The number of aromatic nitrogens is 4. The van der Waals surface area contributed by atoms with E-state index < -0.39 is 0 Å². The van der Waals surface area contributed by atoms with E-state index in [9.17, 15) is 4.79 Å². The third-order valence-corrected chi connectivity index (χ3v) is 4.77. The van der Waals surface area contributed by atoms with E-state index >= 15 is 0 Å². The second kappa shape index (κ2) is 8.08. The van der Waals surface area contributed by atoms with Crippen LogP contribution in [0, 0.1) is 6.92 Å². The Morgan fingerprint density at radius 2 is 1.93 bits per heavy atom. The Bertz CT molecular complexity index is 918. The molecule has 8 heteroatoms. The van der Waals surface area contributed by atoms with E-state index in [0.717, 1.165) is 24.1 Å². The fourth-order valence-electron chi connectivity index (χ4n) is 3.16. The molecule has 0 radical (unpaired) electrons. The lowest BCUT2D eigenvalue weighted by Crippen LogP contribution is -2.43. The normalized spacial score (nSPS) is 14.7. The molecule has 0 saturated carbocycles. The molecule has 2 aromatic heterocycles. The highest BCUT2D eigenvalue weighted by molar-refractivity contribution is 5.90. The van der Waals surface area contributed by atoms with Crippen LogP contribution in [-0.4, -0.2) is 50.1 Å². The van der Waals surface area contributed by atoms with Gasteiger partial charge in [0.25, 0.3) is 0 Å². The molecule has 1 aromatic carbocycles. The summed E-state index contributed by atoms with van der Waals surface area (Å²) in [5.41, 5.74) is 1.89. The molecule has 0 aliphatic carbocycles. The molecule has 1 aliphatic heterocycles. The number of likely N-dealkylation sites (tertiary alicyclic amines) is 1. The maximum Gasteiger partial charge on any atom is 0.321 e. The van der Waals surface area contributed by atoms with Crippen molar-refractivity contribution in [3.05, 3.63) is 60.4 Å². The zero-order valence-electron chi connectivity index (χ0n) is 15.7. The predicted molar refractivity (Wildman–Crippen MR) is 105 cm³/mol. The predicted octanol–water partition coefficient (Wildman–Crippen LogP) is 3.05. The van der Waals surface area contributed by atoms with Crippen molar-refractivity contribution in [1.29, 1.82) is 0 Å². The number of urea groups is 1. The minimum Gasteiger partial charge on any atom is -0.473 e. The molecule has 3 heterocycles. The van der Waals surface area contributed by atoms with Crippen LogP contribution in [0.25, 0.3) is 5.82 Å². The summed E-state index contributed by atoms with van der Waals surface area (Å²) in [6.07, 6.45) is 5.03. The number of hydrogen-bond acceptors (Lipinski definition) is 5. The van der Waals surface area contributed by atoms with E-state index in [1.165, 1.54) is 0 Å². The van der Waals surface area contributed by atoms with Gasteiger partial charge in [-0.15, -0.1) is 10.2 Å². The Balaban J connectivity index is 1.28. The number of nitrogens with one attached hydrogen (secondary N) is 1. The summed E-state index contributed by atoms with van der Waals surface area (Å²) in [5.74, 6) is 1.12. The summed E-state index contributed by atoms with van der Waals surface area (Å²) in [6, 6.07) is 13.1. The van der Waals surface area contributed by atoms with Crippen molar-refractivity contribution in [2.24, 2.45) is 0 Å². The number of piperidine rings is 1. The van der Waals surface area contributed by atoms with E-state index in [1.54, 1.807) is 16.9 Å². The van der Waals surface area contributed by atoms with E-state index in [-0.39, 0.29) is 12.1 Å². The summed E-state index contributed by atoms with van der Waals surface area (Å²) >= 11 is 0. The lowest BCUT2D eigenvalue weighted by Gasteiger charge is -2.32. The average Bonchev–Trinajstić information content (AvgIpc) is 3.26. The van der Waals surface area contributed by atoms with Crippen LogP contribution in [-0.2, 0) is 0 Å². The first-order valence-corrected chi connectivity index (χ1v) is 9.31. The third-order valence-electron chi connectivity index (χ3n) is 4.77. The van der Waals surface area contributed by atoms with Crippen LogP contribution in [0.5, 0.6) is 5.88 Å². The molecular formula is C20H22N6O2. The molecule has 0 unspecified atom stereocenters. The molecule has 8 nitrogen and oxygen atoms in total. The topological polar surface area (TPSA) is 85.2 Å². The molecule has 144 valence electrons. The number of para-hydroxylation sites is 1. The molecule has 0 bridgehead atoms. The van der Waals surface area contributed by atoms with Gasteiger partial charge in [0.2, 0.25) is 5.88 Å². The van der Waals surface area contributed by atoms with E-state index in [2.05, 4.69) is 20.6 Å². The molecule has 1 fully saturated rings. The van der Waals surface area contributed by atoms with Crippen LogP contribution in [0.1, 0.15) is 18.4 Å². The molecular weight excluding hydrogens is 356 g/mol. The monoisotopic (exact) mass is 378 g/mol. The first kappa shape index (κ1) is 18.0. The Kier molecular flexibility index (Phi) is 5.18. The van der Waals surface area contributed by atoms with Crippen molar-refractivity contribution >= 4 is 11.7 Å². The summed E-state index contributed by atoms with van der Waals surface area (Å²) in [7, 11) is 0. The minimum absolute atomic E-state index is 0.0207. The van der Waals surface area contributed by atoms with Gasteiger partial charge >= 0.3 is 6.03 Å². The van der Waals surface area contributed by atoms with Crippen molar-refractivity contribution in [3.8, 4) is 11.7 Å². The lowest BCUT2D eigenvalue weighted by atomic mass is 10.1. The molecule has 2 amide bonds. The molecule has 0 atom stereocenters. The van der Waals surface area contributed by atoms with Gasteiger partial charge in [0.05, 0.1) is 0 Å². The van der Waals surface area contributed by atoms with Crippen molar-refractivity contribution in [1.82, 2.24) is 24.9 Å². The van der Waals surface area contributed by atoms with E-state index in [4.69, 9.17) is 4.74 Å². The van der Waals surface area contributed by atoms with Crippen LogP contribution >= 0.6 is 0 Å². The highest BCUT2D eigenvalue weighted by atomic mass is 16.5. The molecule has 1 N–H and O–H groups in total. The largest absolute Gasteiger partial charge is 0.473 e. The Morgan fingerprint density at radius 3 is 2.61 bits per heavy atom. The summed E-state index contributed by atoms with van der Waals surface area (Å²) in [4.78, 5) is 14.3. The lowest BCUT2D eigenvalue weighted by molar-refractivity contribution is 0.110. The van der Waals surface area contributed by atoms with Gasteiger partial charge in [-0.3, -0.25) is 0 Å². The van der Waals surface area contributed by atoms with Crippen molar-refractivity contribution in [3.63, 3.8) is 0 Å². The number of benzene rings is 1. The van der Waals surface area contributed by atoms with Gasteiger partial charge in [-0.25, -0.2) is 9.48 Å². The highest BCUT2D eigenvalue weighted by Gasteiger charge is 2.24. The molecule has 1 aliphatic rings. The van der Waals surface area contributed by atoms with Crippen molar-refractivity contribution < 1.29 is 9.53 Å². The minimum atomic E-state index is -0.0730. The summed E-state index contributed by atoms with van der Waals surface area (Å²) in [5, 5.41) is 15.4. The van der Waals surface area contributed by atoms with Crippen molar-refractivity contribution in [2.45, 2.75) is 25.9 Å². The second-order valence-corrected chi connectivity index (χ2v) is 6.73. The Morgan fingerprint density at radius 1 is 1.11 bits per heavy atom. The maximum absolute atomic E-state index is 12.5. The van der Waals surface area contributed by atoms with Gasteiger partial charge < -0.3 is 15.0 Å². The van der Waals surface area contributed by atoms with Crippen molar-refractivity contribution in [2.75, 3.05) is 18.4 Å². The van der Waals surface area contributed by atoms with E-state index in [1.807, 2.05) is 54.4 Å². The molecule has 4 rings (SSSR count). The number of amides is 2. The van der Waals surface area contributed by atoms with Gasteiger partial charge in [0, 0.05) is 50.1 Å². The van der Waals surface area contributed by atoms with E-state index in [0.29, 0.717) is 24.8 Å². The van der Waals surface area contributed by atoms with Crippen LogP contribution < -0.4 is 10.1 Å². The van der Waals surface area contributed by atoms with Crippen LogP contribution in [0.15, 0.2) is 54.9 Å². The number of carbonyl (C=O) groups is 1. The van der Waals surface area contributed by atoms with Crippen LogP contribution in [0.3, 0.4) is 0 Å². The number of ether oxygens (including phenoxy) is 1. The van der Waals surface area contributed by atoms with Crippen LogP contribution in [0.4, 0.5) is 10.5 Å². The number of anilines is 1. The smallest absolute Gasteiger partial charge is 0.321 e. The standard InChI is InChI=1S/C20H22N6O2/c1-15-5-2-3-6-17(15)22-20(27)25-13-9-16(10-14-25)28-19-8-7-18(23-24-19)26-12-4-11-21-26/h2-8,11-12,16H,9-10,13-14H2,1H3,(H,22,27). The molecule has 1 saturated heterocycles. The summed E-state index contributed by atoms with van der Waals surface area (Å²) < 4.78 is 7.57. The first-order chi connectivity index (χ1) is 13.7. The number of aryl methyl sites for hydroxylation is 1. The second-order valence-electron chi connectivity index (χ2n) is 6.73. The number of nitrogens with zero attached hydrogens (tertiary/aromatic N) is 5. The maximum atomic E-state index is 12.5. The highest BCUT2D eigenvalue weighted by Crippen LogP contribution is 2.19. The Hall–Kier alpha value is -3.42. The number of rotatable bonds is 4. The zero-order chi connectivity index (χ0) is 19.3. The average molecular weight is 378 g/mol. The number of carbonyl (C=O) groups excluding carboxylic acids is 1. The molecule has 3 aromatic rings. The first-order valence-electron chi connectivity index (χ1n) is 9.31. The van der Waals surface area contributed by atoms with Gasteiger partial charge in [0.15, 0.2) is 5.82 Å². The SMILES string of the molecule is Cc1ccccc1NC(=O)N1CCC(Oc2ccc(-n3cccn3)nn2)CC1. The molecule has 0 spiro atoms. The van der Waals surface area contributed by atoms with Gasteiger partial charge in [-0.1, -0.05) is 18.2 Å². The summed E-state index contributed by atoms with van der Waals surface area (Å²) in [6.45, 7) is 3.26. The van der Waals surface area contributed by atoms with Gasteiger partial charge in [-0.2, -0.15) is 5.10 Å².